The van der Waals surface area contributed by atoms with Gasteiger partial charge in [0.05, 0.1) is 24.3 Å². The maximum Gasteiger partial charge on any atom is 0.416 e. The monoisotopic (exact) mass is 488 g/mol. The number of benzene rings is 2. The van der Waals surface area contributed by atoms with Crippen molar-refractivity contribution in [3.8, 4) is 0 Å². The molecule has 0 atom stereocenters. The molecule has 0 aliphatic carbocycles. The smallest absolute Gasteiger partial charge is 0.378 e. The normalized spacial score (nSPS) is 14.6. The molecule has 1 aromatic heterocycles. The van der Waals surface area contributed by atoms with E-state index in [-0.39, 0.29) is 0 Å². The van der Waals surface area contributed by atoms with E-state index in [0.29, 0.717) is 5.52 Å². The molecule has 182 valence electrons. The van der Waals surface area contributed by atoms with E-state index in [9.17, 15) is 13.2 Å². The third-order valence-electron chi connectivity index (χ3n) is 6.21. The Morgan fingerprint density at radius 1 is 0.882 bits per heavy atom. The SMILES string of the molecule is FC(F)(F)c1ccc2c(SCCCCCCCc3ccc(N4CCOCC4)cc3)ccnc2c1. The van der Waals surface area contributed by atoms with Gasteiger partial charge in [-0.05, 0) is 60.9 Å². The average Bonchev–Trinajstić information content (AvgIpc) is 2.85. The van der Waals surface area contributed by atoms with E-state index in [1.54, 1.807) is 24.0 Å². The van der Waals surface area contributed by atoms with Crippen molar-refractivity contribution < 1.29 is 17.9 Å². The third-order valence-corrected chi connectivity index (χ3v) is 7.37. The zero-order valence-corrected chi connectivity index (χ0v) is 20.1. The van der Waals surface area contributed by atoms with Crippen molar-refractivity contribution >= 4 is 28.4 Å². The fourth-order valence-corrected chi connectivity index (χ4v) is 5.32. The highest BCUT2D eigenvalue weighted by atomic mass is 32.2. The molecule has 0 radical (unpaired) electrons. The molecule has 1 saturated heterocycles. The number of aromatic nitrogens is 1. The molecule has 4 rings (SSSR count). The number of rotatable bonds is 10. The summed E-state index contributed by atoms with van der Waals surface area (Å²) in [6.45, 7) is 3.55. The number of nitrogens with zero attached hydrogens (tertiary/aromatic N) is 2. The van der Waals surface area contributed by atoms with Crippen LogP contribution in [0.4, 0.5) is 18.9 Å². The van der Waals surface area contributed by atoms with Crippen molar-refractivity contribution in [3.05, 3.63) is 65.9 Å². The van der Waals surface area contributed by atoms with E-state index in [1.807, 2.05) is 6.07 Å². The lowest BCUT2D eigenvalue weighted by atomic mass is 10.1. The molecule has 0 bridgehead atoms. The maximum absolute atomic E-state index is 12.9. The molecule has 1 fully saturated rings. The van der Waals surface area contributed by atoms with Crippen molar-refractivity contribution in [1.82, 2.24) is 4.98 Å². The minimum absolute atomic E-state index is 0.401. The number of fused-ring (bicyclic) bond motifs is 1. The van der Waals surface area contributed by atoms with Crippen LogP contribution in [0.2, 0.25) is 0 Å². The maximum atomic E-state index is 12.9. The van der Waals surface area contributed by atoms with E-state index in [4.69, 9.17) is 4.74 Å². The van der Waals surface area contributed by atoms with Gasteiger partial charge in [0, 0.05) is 35.3 Å². The number of anilines is 1. The zero-order chi connectivity index (χ0) is 23.8. The van der Waals surface area contributed by atoms with Gasteiger partial charge in [0.25, 0.3) is 0 Å². The van der Waals surface area contributed by atoms with Crippen LogP contribution in [-0.2, 0) is 17.3 Å². The van der Waals surface area contributed by atoms with E-state index >= 15 is 0 Å². The molecule has 0 saturated carbocycles. The Morgan fingerprint density at radius 3 is 2.38 bits per heavy atom. The number of halogens is 3. The van der Waals surface area contributed by atoms with Crippen LogP contribution >= 0.6 is 11.8 Å². The summed E-state index contributed by atoms with van der Waals surface area (Å²) in [7, 11) is 0. The number of thioether (sulfide) groups is 1. The van der Waals surface area contributed by atoms with Gasteiger partial charge in [0.15, 0.2) is 0 Å². The van der Waals surface area contributed by atoms with Crippen LogP contribution < -0.4 is 4.90 Å². The summed E-state index contributed by atoms with van der Waals surface area (Å²) < 4.78 is 44.2. The Labute approximate surface area is 203 Å². The first kappa shape index (κ1) is 24.9. The molecule has 0 unspecified atom stereocenters. The summed E-state index contributed by atoms with van der Waals surface area (Å²) in [4.78, 5) is 7.50. The van der Waals surface area contributed by atoms with Gasteiger partial charge in [-0.2, -0.15) is 13.2 Å². The first-order valence-electron chi connectivity index (χ1n) is 12.0. The lowest BCUT2D eigenvalue weighted by Gasteiger charge is -2.28. The van der Waals surface area contributed by atoms with Crippen molar-refractivity contribution in [2.75, 3.05) is 37.0 Å². The zero-order valence-electron chi connectivity index (χ0n) is 19.3. The van der Waals surface area contributed by atoms with Crippen LogP contribution in [0.3, 0.4) is 0 Å². The van der Waals surface area contributed by atoms with Gasteiger partial charge in [-0.25, -0.2) is 0 Å². The Bertz CT molecular complexity index is 1050. The Hall–Kier alpha value is -2.25. The van der Waals surface area contributed by atoms with E-state index in [1.165, 1.54) is 36.9 Å². The fraction of sp³-hybridized carbons (Fsp3) is 0.444. The van der Waals surface area contributed by atoms with Crippen LogP contribution in [-0.4, -0.2) is 37.0 Å². The summed E-state index contributed by atoms with van der Waals surface area (Å²) in [5.74, 6) is 0.961. The van der Waals surface area contributed by atoms with Crippen LogP contribution in [0.5, 0.6) is 0 Å². The van der Waals surface area contributed by atoms with Gasteiger partial charge >= 0.3 is 6.18 Å². The number of alkyl halides is 3. The molecule has 3 aromatic rings. The topological polar surface area (TPSA) is 25.4 Å². The van der Waals surface area contributed by atoms with Gasteiger partial charge in [-0.1, -0.05) is 37.5 Å². The van der Waals surface area contributed by atoms with Crippen LogP contribution in [0.1, 0.15) is 43.2 Å². The predicted molar refractivity (Wildman–Crippen MR) is 134 cm³/mol. The van der Waals surface area contributed by atoms with Crippen molar-refractivity contribution in [2.45, 2.75) is 49.6 Å². The quantitative estimate of drug-likeness (QED) is 0.220. The Morgan fingerprint density at radius 2 is 1.62 bits per heavy atom. The highest BCUT2D eigenvalue weighted by Gasteiger charge is 2.30. The number of aryl methyl sites for hydroxylation is 1. The second kappa shape index (κ2) is 11.9. The van der Waals surface area contributed by atoms with Crippen molar-refractivity contribution in [1.29, 1.82) is 0 Å². The summed E-state index contributed by atoms with van der Waals surface area (Å²) in [6.07, 6.45) is 4.26. The standard InChI is InChI=1S/C27H31F3N2OS/c28-27(29,30)22-9-12-24-25(20-22)31-14-13-26(24)34-19-5-3-1-2-4-6-21-7-10-23(11-8-21)32-15-17-33-18-16-32/h7-14,20H,1-6,15-19H2. The minimum Gasteiger partial charge on any atom is -0.378 e. The molecule has 34 heavy (non-hydrogen) atoms. The van der Waals surface area contributed by atoms with Crippen molar-refractivity contribution in [3.63, 3.8) is 0 Å². The lowest BCUT2D eigenvalue weighted by molar-refractivity contribution is -0.137. The van der Waals surface area contributed by atoms with E-state index in [0.717, 1.165) is 67.3 Å². The molecule has 3 nitrogen and oxygen atoms in total. The van der Waals surface area contributed by atoms with Gasteiger partial charge in [0.2, 0.25) is 0 Å². The molecule has 0 N–H and O–H groups in total. The number of hydrogen-bond donors (Lipinski definition) is 0. The molecule has 1 aliphatic rings. The molecule has 0 amide bonds. The first-order valence-corrected chi connectivity index (χ1v) is 13.0. The number of unbranched alkanes of at least 4 members (excludes halogenated alkanes) is 4. The second-order valence-electron chi connectivity index (χ2n) is 8.67. The Kier molecular flexibility index (Phi) is 8.73. The summed E-state index contributed by atoms with van der Waals surface area (Å²) in [5.41, 5.74) is 2.43. The van der Waals surface area contributed by atoms with Gasteiger partial charge in [0.1, 0.15) is 0 Å². The fourth-order valence-electron chi connectivity index (χ4n) is 4.26. The number of hydrogen-bond acceptors (Lipinski definition) is 4. The summed E-state index contributed by atoms with van der Waals surface area (Å²) in [5, 5.41) is 0.792. The van der Waals surface area contributed by atoms with Gasteiger partial charge in [-0.3, -0.25) is 4.98 Å². The van der Waals surface area contributed by atoms with Gasteiger partial charge in [-0.15, -0.1) is 11.8 Å². The number of morpholine rings is 1. The van der Waals surface area contributed by atoms with Crippen LogP contribution in [0.25, 0.3) is 10.9 Å². The highest BCUT2D eigenvalue weighted by Crippen LogP contribution is 2.34. The molecule has 0 spiro atoms. The number of pyridine rings is 1. The predicted octanol–water partition coefficient (Wildman–Crippen LogP) is 7.38. The second-order valence-corrected chi connectivity index (χ2v) is 9.81. The molecule has 2 heterocycles. The van der Waals surface area contributed by atoms with Gasteiger partial charge < -0.3 is 9.64 Å². The average molecular weight is 489 g/mol. The van der Waals surface area contributed by atoms with Crippen molar-refractivity contribution in [2.24, 2.45) is 0 Å². The molecular formula is C27H31F3N2OS. The van der Waals surface area contributed by atoms with E-state index in [2.05, 4.69) is 34.1 Å². The largest absolute Gasteiger partial charge is 0.416 e. The summed E-state index contributed by atoms with van der Waals surface area (Å²) >= 11 is 1.70. The first-order chi connectivity index (χ1) is 16.5. The highest BCUT2D eigenvalue weighted by molar-refractivity contribution is 7.99. The van der Waals surface area contributed by atoms with Crippen LogP contribution in [0, 0.1) is 0 Å². The lowest BCUT2D eigenvalue weighted by Crippen LogP contribution is -2.36. The summed E-state index contributed by atoms with van der Waals surface area (Å²) in [6, 6.07) is 14.7. The van der Waals surface area contributed by atoms with Crippen LogP contribution in [0.15, 0.2) is 59.6 Å². The Balaban J connectivity index is 1.13. The minimum atomic E-state index is -4.34. The van der Waals surface area contributed by atoms with E-state index < -0.39 is 11.7 Å². The molecule has 2 aromatic carbocycles. The number of ether oxygens (including phenoxy) is 1. The molecule has 7 heteroatoms. The molecule has 1 aliphatic heterocycles. The third kappa shape index (κ3) is 6.89. The molecular weight excluding hydrogens is 457 g/mol.